The average molecular weight is 485 g/mol. The maximum atomic E-state index is 12.9. The van der Waals surface area contributed by atoms with E-state index in [4.69, 9.17) is 4.52 Å². The van der Waals surface area contributed by atoms with Crippen LogP contribution in [-0.2, 0) is 24.4 Å². The molecule has 1 aliphatic heterocycles. The molecule has 0 bridgehead atoms. The maximum absolute atomic E-state index is 12.9. The highest BCUT2D eigenvalue weighted by Crippen LogP contribution is 2.21. The van der Waals surface area contributed by atoms with Crippen molar-refractivity contribution in [2.24, 2.45) is 5.92 Å². The molecule has 186 valence electrons. The first kappa shape index (κ1) is 23.9. The number of amides is 1. The molecule has 2 aromatic carbocycles. The minimum absolute atomic E-state index is 0.0404. The predicted molar refractivity (Wildman–Crippen MR) is 137 cm³/mol. The first-order valence-corrected chi connectivity index (χ1v) is 12.5. The SMILES string of the molecule is Cc1cccc(-c2noc(CN3CCCC(C(=O)NCc4ccc(Cn5ccnc5C)cc4)C3)n2)c1. The van der Waals surface area contributed by atoms with Crippen LogP contribution in [0, 0.1) is 19.8 Å². The third kappa shape index (κ3) is 5.88. The fraction of sp³-hybridized carbons (Fsp3) is 0.357. The third-order valence-corrected chi connectivity index (χ3v) is 6.75. The van der Waals surface area contributed by atoms with Gasteiger partial charge < -0.3 is 14.4 Å². The topological polar surface area (TPSA) is 89.1 Å². The van der Waals surface area contributed by atoms with Crippen molar-refractivity contribution in [2.45, 2.75) is 46.3 Å². The molecule has 1 amide bonds. The van der Waals surface area contributed by atoms with Gasteiger partial charge in [0.15, 0.2) is 0 Å². The van der Waals surface area contributed by atoms with Crippen LogP contribution >= 0.6 is 0 Å². The van der Waals surface area contributed by atoms with Crippen LogP contribution in [0.3, 0.4) is 0 Å². The van der Waals surface area contributed by atoms with Crippen LogP contribution in [0.1, 0.15) is 41.2 Å². The molecule has 3 heterocycles. The van der Waals surface area contributed by atoms with Crippen LogP contribution in [0.25, 0.3) is 11.4 Å². The lowest BCUT2D eigenvalue weighted by atomic mass is 9.97. The molecule has 8 nitrogen and oxygen atoms in total. The highest BCUT2D eigenvalue weighted by Gasteiger charge is 2.26. The summed E-state index contributed by atoms with van der Waals surface area (Å²) in [6.07, 6.45) is 5.66. The Morgan fingerprint density at radius 2 is 1.94 bits per heavy atom. The molecule has 1 atom stereocenters. The Labute approximate surface area is 211 Å². The Bertz CT molecular complexity index is 1310. The van der Waals surface area contributed by atoms with Crippen molar-refractivity contribution in [1.29, 1.82) is 0 Å². The van der Waals surface area contributed by atoms with Gasteiger partial charge in [-0.2, -0.15) is 4.98 Å². The number of aromatic nitrogens is 4. The predicted octanol–water partition coefficient (Wildman–Crippen LogP) is 4.13. The number of piperidine rings is 1. The molecular formula is C28H32N6O2. The summed E-state index contributed by atoms with van der Waals surface area (Å²) in [4.78, 5) is 24.0. The number of aryl methyl sites for hydroxylation is 2. The molecule has 4 aromatic rings. The maximum Gasteiger partial charge on any atom is 0.241 e. The second-order valence-corrected chi connectivity index (χ2v) is 9.59. The van der Waals surface area contributed by atoms with Crippen molar-refractivity contribution in [1.82, 2.24) is 29.9 Å². The molecule has 2 aromatic heterocycles. The lowest BCUT2D eigenvalue weighted by molar-refractivity contribution is -0.127. The lowest BCUT2D eigenvalue weighted by Gasteiger charge is -2.30. The molecule has 0 saturated carbocycles. The second-order valence-electron chi connectivity index (χ2n) is 9.59. The van der Waals surface area contributed by atoms with Crippen LogP contribution in [0.4, 0.5) is 0 Å². The highest BCUT2D eigenvalue weighted by molar-refractivity contribution is 5.79. The van der Waals surface area contributed by atoms with Crippen LogP contribution in [0.5, 0.6) is 0 Å². The van der Waals surface area contributed by atoms with Crippen molar-refractivity contribution >= 4 is 5.91 Å². The van der Waals surface area contributed by atoms with E-state index >= 15 is 0 Å². The van der Waals surface area contributed by atoms with E-state index in [0.717, 1.165) is 48.4 Å². The first-order valence-electron chi connectivity index (χ1n) is 12.5. The summed E-state index contributed by atoms with van der Waals surface area (Å²) in [7, 11) is 0. The number of hydrogen-bond acceptors (Lipinski definition) is 6. The Kier molecular flexibility index (Phi) is 7.23. The fourth-order valence-electron chi connectivity index (χ4n) is 4.69. The lowest BCUT2D eigenvalue weighted by Crippen LogP contribution is -2.42. The number of nitrogens with zero attached hydrogens (tertiary/aromatic N) is 5. The summed E-state index contributed by atoms with van der Waals surface area (Å²) in [5.74, 6) is 2.24. The zero-order valence-electron chi connectivity index (χ0n) is 20.9. The van der Waals surface area contributed by atoms with Crippen molar-refractivity contribution in [3.63, 3.8) is 0 Å². The smallest absolute Gasteiger partial charge is 0.241 e. The molecule has 1 N–H and O–H groups in total. The zero-order chi connectivity index (χ0) is 24.9. The fourth-order valence-corrected chi connectivity index (χ4v) is 4.69. The standard InChI is InChI=1S/C28H32N6O2/c1-20-5-3-6-24(15-20)27-31-26(36-32-27)19-33-13-4-7-25(18-33)28(35)30-16-22-8-10-23(11-9-22)17-34-14-12-29-21(34)2/h3,5-6,8-12,14-15,25H,4,7,13,16-19H2,1-2H3,(H,30,35). The van der Waals surface area contributed by atoms with E-state index < -0.39 is 0 Å². The van der Waals surface area contributed by atoms with E-state index in [1.807, 2.05) is 50.5 Å². The molecule has 1 fully saturated rings. The van der Waals surface area contributed by atoms with Gasteiger partial charge in [0.25, 0.3) is 0 Å². The summed E-state index contributed by atoms with van der Waals surface area (Å²) >= 11 is 0. The van der Waals surface area contributed by atoms with E-state index in [2.05, 4.69) is 54.2 Å². The number of rotatable bonds is 8. The van der Waals surface area contributed by atoms with Gasteiger partial charge in [-0.25, -0.2) is 4.98 Å². The molecule has 1 aliphatic rings. The number of benzene rings is 2. The van der Waals surface area contributed by atoms with Gasteiger partial charge >= 0.3 is 0 Å². The molecule has 0 aliphatic carbocycles. The van der Waals surface area contributed by atoms with E-state index in [0.29, 0.717) is 31.3 Å². The Hall–Kier alpha value is -3.78. The van der Waals surface area contributed by atoms with Crippen molar-refractivity contribution in [3.8, 4) is 11.4 Å². The monoisotopic (exact) mass is 484 g/mol. The number of imidazole rings is 1. The van der Waals surface area contributed by atoms with Gasteiger partial charge in [0.2, 0.25) is 17.6 Å². The summed E-state index contributed by atoms with van der Waals surface area (Å²) < 4.78 is 7.62. The molecular weight excluding hydrogens is 452 g/mol. The van der Waals surface area contributed by atoms with Gasteiger partial charge in [0.05, 0.1) is 12.5 Å². The molecule has 0 spiro atoms. The number of hydrogen-bond donors (Lipinski definition) is 1. The van der Waals surface area contributed by atoms with Gasteiger partial charge in [0, 0.05) is 37.6 Å². The largest absolute Gasteiger partial charge is 0.352 e. The van der Waals surface area contributed by atoms with Gasteiger partial charge in [-0.1, -0.05) is 53.2 Å². The number of carbonyl (C=O) groups excluding carboxylic acids is 1. The highest BCUT2D eigenvalue weighted by atomic mass is 16.5. The summed E-state index contributed by atoms with van der Waals surface area (Å²) in [5, 5.41) is 7.27. The number of nitrogens with one attached hydrogen (secondary N) is 1. The number of likely N-dealkylation sites (tertiary alicyclic amines) is 1. The van der Waals surface area contributed by atoms with E-state index in [1.165, 1.54) is 5.56 Å². The number of carbonyl (C=O) groups is 1. The minimum Gasteiger partial charge on any atom is -0.352 e. The third-order valence-electron chi connectivity index (χ3n) is 6.75. The van der Waals surface area contributed by atoms with Gasteiger partial charge in [-0.3, -0.25) is 9.69 Å². The molecule has 1 saturated heterocycles. The van der Waals surface area contributed by atoms with Gasteiger partial charge in [0.1, 0.15) is 5.82 Å². The molecule has 36 heavy (non-hydrogen) atoms. The van der Waals surface area contributed by atoms with E-state index in [-0.39, 0.29) is 11.8 Å². The minimum atomic E-state index is -0.0404. The van der Waals surface area contributed by atoms with E-state index in [1.54, 1.807) is 0 Å². The quantitative estimate of drug-likeness (QED) is 0.405. The molecule has 1 unspecified atom stereocenters. The van der Waals surface area contributed by atoms with Crippen LogP contribution < -0.4 is 5.32 Å². The van der Waals surface area contributed by atoms with Crippen LogP contribution in [0.2, 0.25) is 0 Å². The van der Waals surface area contributed by atoms with Crippen LogP contribution in [-0.4, -0.2) is 43.6 Å². The van der Waals surface area contributed by atoms with Crippen molar-refractivity contribution < 1.29 is 9.32 Å². The van der Waals surface area contributed by atoms with Crippen molar-refractivity contribution in [3.05, 3.63) is 89.3 Å². The Balaban J connectivity index is 1.11. The zero-order valence-corrected chi connectivity index (χ0v) is 20.9. The van der Waals surface area contributed by atoms with E-state index in [9.17, 15) is 4.79 Å². The molecule has 5 rings (SSSR count). The Morgan fingerprint density at radius 3 is 2.72 bits per heavy atom. The first-order chi connectivity index (χ1) is 17.5. The van der Waals surface area contributed by atoms with Crippen molar-refractivity contribution in [2.75, 3.05) is 13.1 Å². The summed E-state index contributed by atoms with van der Waals surface area (Å²) in [5.41, 5.74) is 4.41. The molecule has 8 heteroatoms. The Morgan fingerprint density at radius 1 is 1.11 bits per heavy atom. The molecule has 0 radical (unpaired) electrons. The van der Waals surface area contributed by atoms with Crippen LogP contribution in [0.15, 0.2) is 65.4 Å². The van der Waals surface area contributed by atoms with Gasteiger partial charge in [-0.05, 0) is 50.4 Å². The average Bonchev–Trinajstić information content (AvgIpc) is 3.52. The normalized spacial score (nSPS) is 16.2. The second kappa shape index (κ2) is 10.9. The van der Waals surface area contributed by atoms with Gasteiger partial charge in [-0.15, -0.1) is 0 Å². The summed E-state index contributed by atoms with van der Waals surface area (Å²) in [6, 6.07) is 16.4. The summed E-state index contributed by atoms with van der Waals surface area (Å²) in [6.45, 7) is 7.54.